The van der Waals surface area contributed by atoms with Gasteiger partial charge in [0.25, 0.3) is 0 Å². The summed E-state index contributed by atoms with van der Waals surface area (Å²) in [5.74, 6) is 0. The van der Waals surface area contributed by atoms with Crippen LogP contribution in [0, 0.1) is 0 Å². The van der Waals surface area contributed by atoms with Gasteiger partial charge in [-0.3, -0.25) is 0 Å². The van der Waals surface area contributed by atoms with Gasteiger partial charge in [0.05, 0.1) is 0 Å². The number of aryl methyl sites for hydroxylation is 1. The van der Waals surface area contributed by atoms with Crippen LogP contribution in [0.25, 0.3) is 0 Å². The van der Waals surface area contributed by atoms with Crippen molar-refractivity contribution in [2.24, 2.45) is 0 Å². The van der Waals surface area contributed by atoms with Crippen LogP contribution in [-0.4, -0.2) is 11.0 Å². The number of hydrogen-bond donors (Lipinski definition) is 0. The third-order valence-electron chi connectivity index (χ3n) is 2.16. The number of fused-ring (bicyclic) bond motifs is 1. The monoisotopic (exact) mass is 268 g/mol. The second-order valence-electron chi connectivity index (χ2n) is 3.07. The molecule has 1 aromatic rings. The normalized spacial score (nSPS) is 22.8. The minimum absolute atomic E-state index is 0.940. The molecule has 0 unspecified atom stereocenters. The molecule has 0 atom stereocenters. The van der Waals surface area contributed by atoms with Gasteiger partial charge in [0.1, 0.15) is 0 Å². The van der Waals surface area contributed by atoms with Gasteiger partial charge in [0, 0.05) is 0 Å². The van der Waals surface area contributed by atoms with Crippen LogP contribution in [0.15, 0.2) is 24.3 Å². The Balaban J connectivity index is 2.35. The number of halogens is 2. The van der Waals surface area contributed by atoms with Gasteiger partial charge in [-0.15, -0.1) is 0 Å². The molecule has 0 radical (unpaired) electrons. The van der Waals surface area contributed by atoms with Gasteiger partial charge in [0.2, 0.25) is 0 Å². The van der Waals surface area contributed by atoms with Crippen LogP contribution in [0.1, 0.15) is 11.1 Å². The van der Waals surface area contributed by atoms with E-state index >= 15 is 0 Å². The van der Waals surface area contributed by atoms with Crippen LogP contribution in [-0.2, 0) is 11.7 Å². The van der Waals surface area contributed by atoms with Gasteiger partial charge in [-0.1, -0.05) is 0 Å². The molecular weight excluding hydrogens is 258 g/mol. The summed E-state index contributed by atoms with van der Waals surface area (Å²) in [6.07, 6.45) is 1.07. The van der Waals surface area contributed by atoms with Crippen molar-refractivity contribution in [3.05, 3.63) is 35.4 Å². The van der Waals surface area contributed by atoms with E-state index in [-0.39, 0.29) is 0 Å². The molecule has 0 amide bonds. The molecule has 2 rings (SSSR count). The van der Waals surface area contributed by atoms with Crippen molar-refractivity contribution < 1.29 is 0 Å². The van der Waals surface area contributed by atoms with Gasteiger partial charge < -0.3 is 0 Å². The van der Waals surface area contributed by atoms with E-state index in [9.17, 15) is 0 Å². The van der Waals surface area contributed by atoms with Gasteiger partial charge in [-0.05, 0) is 0 Å². The van der Waals surface area contributed by atoms with Crippen molar-refractivity contribution in [3.8, 4) is 0 Å². The molecule has 0 saturated heterocycles. The summed E-state index contributed by atoms with van der Waals surface area (Å²) >= 11 is -2.07. The van der Waals surface area contributed by atoms with Crippen molar-refractivity contribution in [2.45, 2.75) is 17.1 Å². The molecule has 1 aliphatic rings. The summed E-state index contributed by atoms with van der Waals surface area (Å²) in [6.45, 7) is 0. The first-order valence-corrected chi connectivity index (χ1v) is 10.8. The zero-order valence-corrected chi connectivity index (χ0v) is 9.82. The fourth-order valence-corrected chi connectivity index (χ4v) is 6.46. The van der Waals surface area contributed by atoms with Gasteiger partial charge in [-0.2, -0.15) is 0 Å². The Morgan fingerprint density at radius 1 is 1.08 bits per heavy atom. The second kappa shape index (κ2) is 3.23. The second-order valence-corrected chi connectivity index (χ2v) is 14.4. The number of benzene rings is 1. The van der Waals surface area contributed by atoms with E-state index in [4.69, 9.17) is 20.2 Å². The SMILES string of the molecule is Cl[Se]1(Cl)CCc2ccccc2C1. The third-order valence-corrected chi connectivity index (χ3v) is 8.11. The summed E-state index contributed by atoms with van der Waals surface area (Å²) in [4.78, 5) is 0. The quantitative estimate of drug-likeness (QED) is 0.633. The van der Waals surface area contributed by atoms with E-state index < -0.39 is 11.0 Å². The van der Waals surface area contributed by atoms with E-state index in [2.05, 4.69) is 24.3 Å². The fourth-order valence-electron chi connectivity index (χ4n) is 1.50. The minimum atomic E-state index is -2.07. The average molecular weight is 268 g/mol. The molecule has 1 aromatic carbocycles. The van der Waals surface area contributed by atoms with Gasteiger partial charge in [0.15, 0.2) is 0 Å². The van der Waals surface area contributed by atoms with E-state index in [1.165, 1.54) is 11.1 Å². The predicted octanol–water partition coefficient (Wildman–Crippen LogP) is 3.24. The first-order valence-electron chi connectivity index (χ1n) is 3.92. The zero-order chi connectivity index (χ0) is 8.60. The summed E-state index contributed by atoms with van der Waals surface area (Å²) in [7, 11) is 12.4. The average Bonchev–Trinajstić information content (AvgIpc) is 2.02. The molecule has 66 valence electrons. The molecule has 1 heterocycles. The van der Waals surface area contributed by atoms with Crippen LogP contribution in [0.4, 0.5) is 0 Å². The summed E-state index contributed by atoms with van der Waals surface area (Å²) in [5, 5.41) is 1.96. The molecule has 0 fully saturated rings. The Bertz CT molecular complexity index is 296. The molecule has 1 aliphatic heterocycles. The van der Waals surface area contributed by atoms with E-state index in [1.807, 2.05) is 0 Å². The van der Waals surface area contributed by atoms with Crippen LogP contribution < -0.4 is 0 Å². The Morgan fingerprint density at radius 3 is 2.50 bits per heavy atom. The van der Waals surface area contributed by atoms with Crippen LogP contribution in [0.3, 0.4) is 0 Å². The van der Waals surface area contributed by atoms with Crippen LogP contribution in [0.5, 0.6) is 0 Å². The maximum atomic E-state index is 6.22. The first-order chi connectivity index (χ1) is 5.67. The summed E-state index contributed by atoms with van der Waals surface area (Å²) in [5.41, 5.74) is 2.81. The third kappa shape index (κ3) is 1.80. The zero-order valence-electron chi connectivity index (χ0n) is 6.59. The molecule has 3 heteroatoms. The van der Waals surface area contributed by atoms with E-state index in [0.717, 1.165) is 17.1 Å². The Labute approximate surface area is 83.6 Å². The van der Waals surface area contributed by atoms with Crippen molar-refractivity contribution in [1.82, 2.24) is 0 Å². The van der Waals surface area contributed by atoms with Crippen molar-refractivity contribution in [3.63, 3.8) is 0 Å². The van der Waals surface area contributed by atoms with Crippen molar-refractivity contribution >= 4 is 31.2 Å². The molecule has 0 aliphatic carbocycles. The fraction of sp³-hybridized carbons (Fsp3) is 0.333. The first kappa shape index (κ1) is 8.90. The summed E-state index contributed by atoms with van der Waals surface area (Å²) < 4.78 is 0. The molecular formula is C9H10Cl2Se. The van der Waals surface area contributed by atoms with Gasteiger partial charge >= 0.3 is 83.7 Å². The Hall–Kier alpha value is 0.319. The van der Waals surface area contributed by atoms with Crippen LogP contribution >= 0.6 is 20.2 Å². The van der Waals surface area contributed by atoms with E-state index in [0.29, 0.717) is 0 Å². The van der Waals surface area contributed by atoms with Crippen molar-refractivity contribution in [1.29, 1.82) is 0 Å². The Morgan fingerprint density at radius 2 is 1.75 bits per heavy atom. The van der Waals surface area contributed by atoms with E-state index in [1.54, 1.807) is 0 Å². The Kier molecular flexibility index (Phi) is 2.39. The maximum absolute atomic E-state index is 6.22. The van der Waals surface area contributed by atoms with Crippen molar-refractivity contribution in [2.75, 3.05) is 0 Å². The summed E-state index contributed by atoms with van der Waals surface area (Å²) in [6, 6.07) is 8.46. The molecule has 12 heavy (non-hydrogen) atoms. The molecule has 0 spiro atoms. The standard InChI is InChI=1S/C9H10Cl2Se/c10-12(11)6-5-8-3-1-2-4-9(8)7-12/h1-4H,5-7H2. The van der Waals surface area contributed by atoms with Gasteiger partial charge in [-0.25, -0.2) is 0 Å². The topological polar surface area (TPSA) is 0 Å². The molecule has 0 nitrogen and oxygen atoms in total. The number of rotatable bonds is 0. The molecule has 0 bridgehead atoms. The predicted molar refractivity (Wildman–Crippen MR) is 56.1 cm³/mol. The van der Waals surface area contributed by atoms with Crippen LogP contribution in [0.2, 0.25) is 5.32 Å². The number of hydrogen-bond acceptors (Lipinski definition) is 0. The molecule has 0 saturated carbocycles. The molecule has 0 aromatic heterocycles. The molecule has 0 N–H and O–H groups in total.